The lowest BCUT2D eigenvalue weighted by Gasteiger charge is -2.28. The van der Waals surface area contributed by atoms with Gasteiger partial charge in [-0.05, 0) is 25.3 Å². The van der Waals surface area contributed by atoms with Gasteiger partial charge in [0.2, 0.25) is 5.91 Å². The molecule has 1 aromatic rings. The lowest BCUT2D eigenvalue weighted by atomic mass is 10.0. The zero-order valence-corrected chi connectivity index (χ0v) is 12.2. The number of thioether (sulfide) groups is 1. The van der Waals surface area contributed by atoms with Crippen molar-refractivity contribution in [2.24, 2.45) is 5.16 Å². The van der Waals surface area contributed by atoms with Gasteiger partial charge in [0, 0.05) is 31.1 Å². The first kappa shape index (κ1) is 13.9. The van der Waals surface area contributed by atoms with Crippen LogP contribution in [-0.2, 0) is 9.63 Å². The van der Waals surface area contributed by atoms with E-state index in [0.29, 0.717) is 24.7 Å². The van der Waals surface area contributed by atoms with E-state index in [1.54, 1.807) is 23.6 Å². The van der Waals surface area contributed by atoms with Crippen LogP contribution in [-0.4, -0.2) is 35.3 Å². The minimum absolute atomic E-state index is 0.00318. The number of rotatable bonds is 3. The molecule has 0 fully saturated rings. The summed E-state index contributed by atoms with van der Waals surface area (Å²) >= 11 is 1.57. The maximum atomic E-state index is 11.7. The minimum atomic E-state index is 0.00318. The summed E-state index contributed by atoms with van der Waals surface area (Å²) in [6, 6.07) is 3.88. The van der Waals surface area contributed by atoms with E-state index in [2.05, 4.69) is 10.1 Å². The second kappa shape index (κ2) is 6.06. The standard InChI is InChI=1S/C13H17N3O2S/c1-9-4-5-11-12(15-18-8-19-3)6-7-16(10(2)17)13(11)14-9/h4-5H,6-8H2,1-3H3/b15-12+. The maximum absolute atomic E-state index is 11.7. The summed E-state index contributed by atoms with van der Waals surface area (Å²) in [6.07, 6.45) is 2.64. The highest BCUT2D eigenvalue weighted by Crippen LogP contribution is 2.26. The summed E-state index contributed by atoms with van der Waals surface area (Å²) in [4.78, 5) is 23.0. The third-order valence-electron chi connectivity index (χ3n) is 2.88. The lowest BCUT2D eigenvalue weighted by molar-refractivity contribution is -0.116. The molecule has 0 saturated heterocycles. The first-order valence-corrected chi connectivity index (χ1v) is 7.46. The highest BCUT2D eigenvalue weighted by molar-refractivity contribution is 7.98. The number of hydrogen-bond acceptors (Lipinski definition) is 5. The van der Waals surface area contributed by atoms with Crippen molar-refractivity contribution in [3.8, 4) is 0 Å². The van der Waals surface area contributed by atoms with Crippen LogP contribution in [0.3, 0.4) is 0 Å². The number of oxime groups is 1. The zero-order chi connectivity index (χ0) is 13.8. The quantitative estimate of drug-likeness (QED) is 0.483. The minimum Gasteiger partial charge on any atom is -0.385 e. The maximum Gasteiger partial charge on any atom is 0.225 e. The van der Waals surface area contributed by atoms with E-state index in [9.17, 15) is 4.79 Å². The van der Waals surface area contributed by atoms with Crippen molar-refractivity contribution in [3.63, 3.8) is 0 Å². The molecule has 2 rings (SSSR count). The molecule has 1 amide bonds. The van der Waals surface area contributed by atoms with Crippen molar-refractivity contribution in [1.29, 1.82) is 0 Å². The van der Waals surface area contributed by atoms with Gasteiger partial charge in [-0.25, -0.2) is 4.98 Å². The number of aromatic nitrogens is 1. The van der Waals surface area contributed by atoms with Crippen LogP contribution in [0.2, 0.25) is 0 Å². The number of aryl methyl sites for hydroxylation is 1. The Morgan fingerprint density at radius 2 is 2.37 bits per heavy atom. The first-order valence-electron chi connectivity index (χ1n) is 6.07. The molecule has 1 aromatic heterocycles. The van der Waals surface area contributed by atoms with Crippen molar-refractivity contribution in [1.82, 2.24) is 4.98 Å². The zero-order valence-electron chi connectivity index (χ0n) is 11.3. The van der Waals surface area contributed by atoms with Gasteiger partial charge in [0.1, 0.15) is 5.82 Å². The second-order valence-corrected chi connectivity index (χ2v) is 5.13. The molecule has 1 aliphatic rings. The summed E-state index contributed by atoms with van der Waals surface area (Å²) in [5.41, 5.74) is 2.62. The molecule has 0 unspecified atom stereocenters. The van der Waals surface area contributed by atoms with Gasteiger partial charge in [0.15, 0.2) is 5.94 Å². The van der Waals surface area contributed by atoms with E-state index in [4.69, 9.17) is 4.84 Å². The Hall–Kier alpha value is -1.56. The number of carbonyl (C=O) groups is 1. The number of amides is 1. The van der Waals surface area contributed by atoms with Crippen molar-refractivity contribution in [2.45, 2.75) is 20.3 Å². The van der Waals surface area contributed by atoms with Crippen molar-refractivity contribution >= 4 is 29.2 Å². The Morgan fingerprint density at radius 3 is 3.05 bits per heavy atom. The van der Waals surface area contributed by atoms with Crippen LogP contribution in [0.1, 0.15) is 24.6 Å². The molecule has 0 aromatic carbocycles. The Labute approximate surface area is 117 Å². The molecule has 0 atom stereocenters. The van der Waals surface area contributed by atoms with E-state index in [-0.39, 0.29) is 5.91 Å². The van der Waals surface area contributed by atoms with Gasteiger partial charge in [0.05, 0.1) is 5.71 Å². The number of nitrogens with zero attached hydrogens (tertiary/aromatic N) is 3. The highest BCUT2D eigenvalue weighted by Gasteiger charge is 2.26. The number of anilines is 1. The van der Waals surface area contributed by atoms with Gasteiger partial charge in [-0.3, -0.25) is 9.69 Å². The predicted octanol–water partition coefficient (Wildman–Crippen LogP) is 2.19. The molecule has 6 heteroatoms. The Bertz CT molecular complexity index is 517. The average Bonchev–Trinajstić information content (AvgIpc) is 2.38. The number of hydrogen-bond donors (Lipinski definition) is 0. The molecule has 102 valence electrons. The molecule has 1 aliphatic heterocycles. The summed E-state index contributed by atoms with van der Waals surface area (Å²) in [7, 11) is 0. The van der Waals surface area contributed by atoms with E-state index < -0.39 is 0 Å². The normalized spacial score (nSPS) is 16.4. The summed E-state index contributed by atoms with van der Waals surface area (Å²) in [5, 5.41) is 4.16. The predicted molar refractivity (Wildman–Crippen MR) is 77.6 cm³/mol. The van der Waals surface area contributed by atoms with Crippen LogP contribution in [0.5, 0.6) is 0 Å². The number of carbonyl (C=O) groups excluding carboxylic acids is 1. The van der Waals surface area contributed by atoms with Crippen LogP contribution in [0.25, 0.3) is 0 Å². The largest absolute Gasteiger partial charge is 0.385 e. The fourth-order valence-corrected chi connectivity index (χ4v) is 2.15. The Balaban J connectivity index is 2.36. The van der Waals surface area contributed by atoms with Crippen molar-refractivity contribution < 1.29 is 9.63 Å². The summed E-state index contributed by atoms with van der Waals surface area (Å²) in [6.45, 7) is 4.06. The smallest absolute Gasteiger partial charge is 0.225 e. The summed E-state index contributed by atoms with van der Waals surface area (Å²) < 4.78 is 0. The van der Waals surface area contributed by atoms with Crippen LogP contribution in [0.4, 0.5) is 5.82 Å². The van der Waals surface area contributed by atoms with Gasteiger partial charge in [-0.15, -0.1) is 11.8 Å². The third-order valence-corrected chi connectivity index (χ3v) is 3.22. The van der Waals surface area contributed by atoms with Gasteiger partial charge in [-0.1, -0.05) is 5.16 Å². The molecule has 2 heterocycles. The fraction of sp³-hybridized carbons (Fsp3) is 0.462. The van der Waals surface area contributed by atoms with Gasteiger partial charge < -0.3 is 4.84 Å². The van der Waals surface area contributed by atoms with E-state index in [1.807, 2.05) is 25.3 Å². The van der Waals surface area contributed by atoms with Crippen molar-refractivity contribution in [2.75, 3.05) is 23.6 Å². The highest BCUT2D eigenvalue weighted by atomic mass is 32.2. The molecular formula is C13H17N3O2S. The lowest BCUT2D eigenvalue weighted by Crippen LogP contribution is -2.37. The SMILES string of the molecule is CSCO/N=C1\CCN(C(C)=O)c2nc(C)ccc21. The van der Waals surface area contributed by atoms with Gasteiger partial charge in [-0.2, -0.15) is 0 Å². The van der Waals surface area contributed by atoms with Crippen LogP contribution >= 0.6 is 11.8 Å². The van der Waals surface area contributed by atoms with Crippen molar-refractivity contribution in [3.05, 3.63) is 23.4 Å². The molecule has 0 bridgehead atoms. The number of pyridine rings is 1. The second-order valence-electron chi connectivity index (χ2n) is 4.32. The van der Waals surface area contributed by atoms with E-state index in [0.717, 1.165) is 17.0 Å². The Morgan fingerprint density at radius 1 is 1.58 bits per heavy atom. The fourth-order valence-electron chi connectivity index (χ4n) is 1.99. The Kier molecular flexibility index (Phi) is 4.42. The average molecular weight is 279 g/mol. The van der Waals surface area contributed by atoms with Gasteiger partial charge >= 0.3 is 0 Å². The monoisotopic (exact) mass is 279 g/mol. The molecule has 19 heavy (non-hydrogen) atoms. The van der Waals surface area contributed by atoms with Crippen LogP contribution in [0, 0.1) is 6.92 Å². The topological polar surface area (TPSA) is 54.8 Å². The molecule has 0 spiro atoms. The van der Waals surface area contributed by atoms with E-state index in [1.165, 1.54) is 0 Å². The summed E-state index contributed by atoms with van der Waals surface area (Å²) in [5.74, 6) is 1.21. The third kappa shape index (κ3) is 3.07. The molecule has 5 nitrogen and oxygen atoms in total. The molecule has 0 radical (unpaired) electrons. The molecule has 0 N–H and O–H groups in total. The van der Waals surface area contributed by atoms with Crippen LogP contribution < -0.4 is 4.90 Å². The van der Waals surface area contributed by atoms with Crippen LogP contribution in [0.15, 0.2) is 17.3 Å². The van der Waals surface area contributed by atoms with E-state index >= 15 is 0 Å². The molecular weight excluding hydrogens is 262 g/mol. The number of fused-ring (bicyclic) bond motifs is 1. The first-order chi connectivity index (χ1) is 9.13. The molecule has 0 aliphatic carbocycles. The molecule has 0 saturated carbocycles. The van der Waals surface area contributed by atoms with Gasteiger partial charge in [0.25, 0.3) is 0 Å².